The number of hydrogen-bond donors (Lipinski definition) is 1. The molecule has 1 aromatic heterocycles. The number of aliphatic hydroxyl groups is 1. The van der Waals surface area contributed by atoms with Crippen molar-refractivity contribution < 1.29 is 19.2 Å². The highest BCUT2D eigenvalue weighted by Crippen LogP contribution is 2.49. The van der Waals surface area contributed by atoms with Crippen LogP contribution in [0, 0.1) is 6.92 Å². The Kier molecular flexibility index (Phi) is 6.99. The largest absolute Gasteiger partial charge is 0.465 e. The molecular formula is C30H29NO4S. The van der Waals surface area contributed by atoms with Crippen molar-refractivity contribution in [3.05, 3.63) is 95.7 Å². The molecule has 0 spiro atoms. The van der Waals surface area contributed by atoms with Gasteiger partial charge >= 0.3 is 5.97 Å². The molecule has 184 valence electrons. The van der Waals surface area contributed by atoms with E-state index in [-0.39, 0.29) is 5.97 Å². The molecule has 1 aliphatic rings. The van der Waals surface area contributed by atoms with Crippen molar-refractivity contribution in [2.24, 2.45) is 0 Å². The number of hydrogen-bond acceptors (Lipinski definition) is 6. The molecule has 0 radical (unpaired) electrons. The molecule has 0 aliphatic heterocycles. The number of esters is 1. The van der Waals surface area contributed by atoms with Crippen molar-refractivity contribution in [3.63, 3.8) is 0 Å². The van der Waals surface area contributed by atoms with E-state index in [1.807, 2.05) is 80.6 Å². The molecule has 0 amide bonds. The molecule has 1 saturated carbocycles. The van der Waals surface area contributed by atoms with Crippen LogP contribution in [0.5, 0.6) is 0 Å². The summed E-state index contributed by atoms with van der Waals surface area (Å²) >= 11 is 1.60. The minimum absolute atomic E-state index is 0.121. The molecule has 6 heteroatoms. The van der Waals surface area contributed by atoms with E-state index < -0.39 is 11.5 Å². The zero-order valence-corrected chi connectivity index (χ0v) is 21.3. The number of rotatable bonds is 9. The van der Waals surface area contributed by atoms with Crippen molar-refractivity contribution in [1.82, 2.24) is 5.16 Å². The molecule has 1 aliphatic carbocycles. The summed E-state index contributed by atoms with van der Waals surface area (Å²) in [5, 5.41) is 15.1. The number of aromatic nitrogens is 1. The second-order valence-corrected chi connectivity index (χ2v) is 10.2. The predicted molar refractivity (Wildman–Crippen MR) is 142 cm³/mol. The maximum atomic E-state index is 12.4. The van der Waals surface area contributed by atoms with Crippen LogP contribution in [-0.4, -0.2) is 28.6 Å². The molecule has 1 atom stereocenters. The first kappa shape index (κ1) is 24.3. The Morgan fingerprint density at radius 2 is 1.61 bits per heavy atom. The Morgan fingerprint density at radius 1 is 1.00 bits per heavy atom. The van der Waals surface area contributed by atoms with E-state index in [9.17, 15) is 9.90 Å². The van der Waals surface area contributed by atoms with Gasteiger partial charge in [-0.15, -0.1) is 11.8 Å². The summed E-state index contributed by atoms with van der Waals surface area (Å²) in [7, 11) is 0. The average Bonchev–Trinajstić information content (AvgIpc) is 3.64. The Balaban J connectivity index is 1.31. The second-order valence-electron chi connectivity index (χ2n) is 9.11. The highest BCUT2D eigenvalue weighted by molar-refractivity contribution is 7.99. The lowest BCUT2D eigenvalue weighted by Crippen LogP contribution is -2.23. The summed E-state index contributed by atoms with van der Waals surface area (Å²) in [6.45, 7) is 4.10. The first-order valence-corrected chi connectivity index (χ1v) is 13.2. The van der Waals surface area contributed by atoms with Crippen LogP contribution < -0.4 is 0 Å². The van der Waals surface area contributed by atoms with Crippen LogP contribution >= 0.6 is 11.8 Å². The van der Waals surface area contributed by atoms with Gasteiger partial charge in [-0.05, 0) is 55.5 Å². The van der Waals surface area contributed by atoms with Crippen molar-refractivity contribution in [2.75, 3.05) is 12.4 Å². The Morgan fingerprint density at radius 3 is 2.22 bits per heavy atom. The van der Waals surface area contributed by atoms with Gasteiger partial charge in [-0.1, -0.05) is 71.9 Å². The van der Waals surface area contributed by atoms with Gasteiger partial charge in [0, 0.05) is 16.2 Å². The molecule has 1 fully saturated rings. The Labute approximate surface area is 215 Å². The lowest BCUT2D eigenvalue weighted by atomic mass is 9.93. The summed E-state index contributed by atoms with van der Waals surface area (Å²) in [6.07, 6.45) is 0.987. The molecule has 5 rings (SSSR count). The summed E-state index contributed by atoms with van der Waals surface area (Å²) < 4.78 is 10.9. The third-order valence-electron chi connectivity index (χ3n) is 6.73. The third kappa shape index (κ3) is 4.84. The Hall–Kier alpha value is -3.35. The second kappa shape index (κ2) is 10.3. The van der Waals surface area contributed by atoms with E-state index in [1.165, 1.54) is 0 Å². The maximum absolute atomic E-state index is 12.4. The fourth-order valence-electron chi connectivity index (χ4n) is 4.55. The number of carbonyl (C=O) groups excluding carboxylic acids is 1. The molecule has 4 aromatic rings. The predicted octanol–water partition coefficient (Wildman–Crippen LogP) is 6.74. The average molecular weight is 500 g/mol. The summed E-state index contributed by atoms with van der Waals surface area (Å²) in [5.74, 6) is 0.988. The van der Waals surface area contributed by atoms with Gasteiger partial charge in [0.1, 0.15) is 0 Å². The van der Waals surface area contributed by atoms with Gasteiger partial charge in [0.2, 0.25) is 0 Å². The topological polar surface area (TPSA) is 72.6 Å². The molecule has 0 saturated heterocycles. The highest BCUT2D eigenvalue weighted by atomic mass is 32.2. The number of benzene rings is 3. The van der Waals surface area contributed by atoms with Crippen LogP contribution in [0.3, 0.4) is 0 Å². The minimum Gasteiger partial charge on any atom is -0.465 e. The van der Waals surface area contributed by atoms with Crippen LogP contribution in [0.4, 0.5) is 0 Å². The van der Waals surface area contributed by atoms with Gasteiger partial charge in [0.25, 0.3) is 0 Å². The van der Waals surface area contributed by atoms with Gasteiger partial charge in [0.15, 0.2) is 5.76 Å². The monoisotopic (exact) mass is 499 g/mol. The van der Waals surface area contributed by atoms with E-state index in [4.69, 9.17) is 9.26 Å². The van der Waals surface area contributed by atoms with Crippen LogP contribution in [0.15, 0.2) is 88.3 Å². The van der Waals surface area contributed by atoms with Gasteiger partial charge in [-0.2, -0.15) is 0 Å². The van der Waals surface area contributed by atoms with Crippen molar-refractivity contribution in [2.45, 2.75) is 43.1 Å². The van der Waals surface area contributed by atoms with E-state index in [0.29, 0.717) is 23.8 Å². The van der Waals surface area contributed by atoms with Gasteiger partial charge in [-0.25, -0.2) is 0 Å². The molecular weight excluding hydrogens is 470 g/mol. The fraction of sp³-hybridized carbons (Fsp3) is 0.267. The first-order valence-electron chi connectivity index (χ1n) is 12.2. The van der Waals surface area contributed by atoms with E-state index in [2.05, 4.69) is 17.3 Å². The quantitative estimate of drug-likeness (QED) is 0.203. The normalized spacial score (nSPS) is 14.9. The zero-order valence-electron chi connectivity index (χ0n) is 20.4. The van der Waals surface area contributed by atoms with E-state index in [0.717, 1.165) is 45.6 Å². The van der Waals surface area contributed by atoms with Crippen molar-refractivity contribution >= 4 is 17.7 Å². The summed E-state index contributed by atoms with van der Waals surface area (Å²) in [4.78, 5) is 13.5. The molecule has 1 N–H and O–H groups in total. The summed E-state index contributed by atoms with van der Waals surface area (Å²) in [6, 6.07) is 26.3. The molecule has 0 bridgehead atoms. The van der Waals surface area contributed by atoms with Crippen LogP contribution in [0.2, 0.25) is 0 Å². The number of aliphatic hydroxyl groups excluding tert-OH is 1. The van der Waals surface area contributed by atoms with Crippen LogP contribution in [0.1, 0.15) is 42.7 Å². The maximum Gasteiger partial charge on any atom is 0.316 e. The van der Waals surface area contributed by atoms with Crippen LogP contribution in [-0.2, 0) is 14.9 Å². The smallest absolute Gasteiger partial charge is 0.316 e. The lowest BCUT2D eigenvalue weighted by molar-refractivity contribution is -0.146. The number of nitrogens with zero attached hydrogens (tertiary/aromatic N) is 1. The third-order valence-corrected chi connectivity index (χ3v) is 7.81. The standard InChI is InChI=1S/C30H29NO4S/c1-3-34-29(33)30(17-18-30)24-15-13-22(14-16-24)21-9-11-23(12-10-21)28-27(20(2)31-35-28)26(32)19-36-25-7-5-4-6-8-25/h4-16,26,32H,3,17-19H2,1-2H3. The van der Waals surface area contributed by atoms with Crippen molar-refractivity contribution in [3.8, 4) is 22.5 Å². The number of ether oxygens (including phenoxy) is 1. The van der Waals surface area contributed by atoms with E-state index >= 15 is 0 Å². The number of carbonyl (C=O) groups is 1. The zero-order chi connectivity index (χ0) is 25.1. The summed E-state index contributed by atoms with van der Waals surface area (Å²) in [5.41, 5.74) is 4.98. The Bertz CT molecular complexity index is 1330. The number of aryl methyl sites for hydroxylation is 1. The van der Waals surface area contributed by atoms with E-state index in [1.54, 1.807) is 11.8 Å². The molecule has 1 unspecified atom stereocenters. The first-order chi connectivity index (χ1) is 17.5. The van der Waals surface area contributed by atoms with Gasteiger partial charge < -0.3 is 14.4 Å². The van der Waals surface area contributed by atoms with Gasteiger partial charge in [-0.3, -0.25) is 4.79 Å². The molecule has 3 aromatic carbocycles. The minimum atomic E-state index is -0.696. The number of thioether (sulfide) groups is 1. The highest BCUT2D eigenvalue weighted by Gasteiger charge is 2.52. The molecule has 5 nitrogen and oxygen atoms in total. The molecule has 36 heavy (non-hydrogen) atoms. The SMILES string of the molecule is CCOC(=O)C1(c2ccc(-c3ccc(-c4onc(C)c4C(O)CSc4ccccc4)cc3)cc2)CC1. The molecule has 1 heterocycles. The van der Waals surface area contributed by atoms with Gasteiger partial charge in [0.05, 0.1) is 29.4 Å². The van der Waals surface area contributed by atoms with Crippen LogP contribution in [0.25, 0.3) is 22.5 Å². The fourth-order valence-corrected chi connectivity index (χ4v) is 5.42. The lowest BCUT2D eigenvalue weighted by Gasteiger charge is -2.15. The van der Waals surface area contributed by atoms with Crippen molar-refractivity contribution in [1.29, 1.82) is 0 Å².